The maximum atomic E-state index is 15.4. The SMILES string of the molecule is CCOc1cc([C@H]2C3=CC[C@@H]4C(=O)N(CCCC(=O)O)C(=O)[C@@H]4[C@@H]3C[C@H]3C(=O)N(Nc4ccc(Cl)cc4Cl)C(=O)[C@@]23c2ccc(OC)cc2)ccc1O. The van der Waals surface area contributed by atoms with Gasteiger partial charge in [0.15, 0.2) is 11.5 Å². The number of hydrazine groups is 1. The van der Waals surface area contributed by atoms with Crippen molar-refractivity contribution in [1.82, 2.24) is 9.91 Å². The summed E-state index contributed by atoms with van der Waals surface area (Å²) in [4.78, 5) is 70.6. The molecule has 2 saturated heterocycles. The molecule has 0 aromatic heterocycles. The Labute approximate surface area is 315 Å². The molecule has 0 bridgehead atoms. The van der Waals surface area contributed by atoms with Crippen LogP contribution in [0.2, 0.25) is 10.0 Å². The Morgan fingerprint density at radius 2 is 1.74 bits per heavy atom. The third kappa shape index (κ3) is 5.88. The van der Waals surface area contributed by atoms with Crippen molar-refractivity contribution in [2.24, 2.45) is 23.7 Å². The first-order chi connectivity index (χ1) is 25.4. The van der Waals surface area contributed by atoms with Gasteiger partial charge in [-0.15, -0.1) is 0 Å². The summed E-state index contributed by atoms with van der Waals surface area (Å²) < 4.78 is 11.2. The fourth-order valence-corrected chi connectivity index (χ4v) is 9.32. The number of aromatic hydroxyl groups is 1. The number of allylic oxidation sites excluding steroid dienone is 2. The van der Waals surface area contributed by atoms with Crippen molar-refractivity contribution in [2.45, 2.75) is 43.9 Å². The van der Waals surface area contributed by atoms with E-state index in [-0.39, 0.29) is 67.0 Å². The van der Waals surface area contributed by atoms with E-state index in [1.54, 1.807) is 55.5 Å². The number of phenols is 1. The van der Waals surface area contributed by atoms with E-state index in [1.807, 2.05) is 6.08 Å². The molecule has 12 nitrogen and oxygen atoms in total. The Bertz CT molecular complexity index is 2050. The minimum absolute atomic E-state index is 0.0334. The number of carbonyl (C=O) groups excluding carboxylic acids is 4. The summed E-state index contributed by atoms with van der Waals surface area (Å²) >= 11 is 12.7. The topological polar surface area (TPSA) is 163 Å². The number of carboxylic acid groups (broad SMARTS) is 1. The predicted molar refractivity (Wildman–Crippen MR) is 193 cm³/mol. The van der Waals surface area contributed by atoms with Gasteiger partial charge in [-0.05, 0) is 85.7 Å². The Hall–Kier alpha value is -5.07. The molecule has 7 rings (SSSR count). The number of anilines is 1. The number of fused-ring (bicyclic) bond motifs is 4. The lowest BCUT2D eigenvalue weighted by Gasteiger charge is -2.50. The maximum Gasteiger partial charge on any atom is 0.303 e. The Morgan fingerprint density at radius 1 is 0.981 bits per heavy atom. The molecule has 3 aromatic rings. The first-order valence-corrected chi connectivity index (χ1v) is 18.1. The highest BCUT2D eigenvalue weighted by molar-refractivity contribution is 6.36. The molecule has 4 aliphatic rings. The van der Waals surface area contributed by atoms with E-state index in [1.165, 1.54) is 19.2 Å². The number of rotatable bonds is 11. The molecule has 4 amide bonds. The molecule has 3 N–H and O–H groups in total. The summed E-state index contributed by atoms with van der Waals surface area (Å²) in [5.41, 5.74) is 3.44. The number of likely N-dealkylation sites (tertiary alicyclic amines) is 1. The van der Waals surface area contributed by atoms with Crippen LogP contribution >= 0.6 is 23.2 Å². The van der Waals surface area contributed by atoms with E-state index in [0.29, 0.717) is 27.5 Å². The summed E-state index contributed by atoms with van der Waals surface area (Å²) in [5, 5.41) is 21.5. The molecule has 3 aromatic carbocycles. The number of nitrogens with zero attached hydrogens (tertiary/aromatic N) is 2. The van der Waals surface area contributed by atoms with Crippen LogP contribution in [0.3, 0.4) is 0 Å². The smallest absolute Gasteiger partial charge is 0.303 e. The molecule has 0 radical (unpaired) electrons. The van der Waals surface area contributed by atoms with Crippen molar-refractivity contribution < 1.29 is 43.7 Å². The summed E-state index contributed by atoms with van der Waals surface area (Å²) in [5.74, 6) is -6.41. The van der Waals surface area contributed by atoms with Gasteiger partial charge in [0.25, 0.3) is 11.8 Å². The highest BCUT2D eigenvalue weighted by atomic mass is 35.5. The number of imide groups is 2. The second-order valence-corrected chi connectivity index (χ2v) is 14.5. The molecule has 2 aliphatic carbocycles. The van der Waals surface area contributed by atoms with Crippen LogP contribution in [0.5, 0.6) is 17.2 Å². The van der Waals surface area contributed by atoms with E-state index in [9.17, 15) is 29.4 Å². The van der Waals surface area contributed by atoms with Crippen molar-refractivity contribution in [3.8, 4) is 17.2 Å². The molecule has 3 fully saturated rings. The Morgan fingerprint density at radius 3 is 2.42 bits per heavy atom. The molecular formula is C39H37Cl2N3O9. The van der Waals surface area contributed by atoms with Crippen LogP contribution in [0.4, 0.5) is 5.69 Å². The van der Waals surface area contributed by atoms with E-state index in [4.69, 9.17) is 32.7 Å². The number of hydrogen-bond donors (Lipinski definition) is 3. The highest BCUT2D eigenvalue weighted by Gasteiger charge is 2.70. The standard InChI is InChI=1S/C39H37Cl2N3O9/c1-3-53-31-17-20(6-15-30(31)45)34-24-12-13-25-33(37(50)43(35(25)48)16-4-5-32(46)47)26(24)19-27-36(49)44(42-29-14-9-22(40)18-28(29)41)38(51)39(27,34)21-7-10-23(52-2)11-8-21/h6-12,14-15,17-18,25-27,33-34,42,45H,3-5,13,16,19H2,1-2H3,(H,46,47)/t25-,26+,27-,33-,34-,39+/m0/s1. The fraction of sp³-hybridized carbons (Fsp3) is 0.359. The molecule has 2 heterocycles. The summed E-state index contributed by atoms with van der Waals surface area (Å²) in [6.07, 6.45) is 2.09. The summed E-state index contributed by atoms with van der Waals surface area (Å²) in [6, 6.07) is 16.4. The van der Waals surface area contributed by atoms with E-state index < -0.39 is 58.7 Å². The lowest BCUT2D eigenvalue weighted by Crippen LogP contribution is -2.53. The van der Waals surface area contributed by atoms with Gasteiger partial charge >= 0.3 is 5.97 Å². The predicted octanol–water partition coefficient (Wildman–Crippen LogP) is 5.96. The molecule has 0 unspecified atom stereocenters. The molecule has 6 atom stereocenters. The summed E-state index contributed by atoms with van der Waals surface area (Å²) in [6.45, 7) is 1.99. The third-order valence-electron chi connectivity index (χ3n) is 11.1. The zero-order valence-corrected chi connectivity index (χ0v) is 30.4. The van der Waals surface area contributed by atoms with Gasteiger partial charge in [-0.1, -0.05) is 53.1 Å². The second-order valence-electron chi connectivity index (χ2n) is 13.7. The van der Waals surface area contributed by atoms with Crippen LogP contribution in [-0.4, -0.2) is 70.0 Å². The average Bonchev–Trinajstić information content (AvgIpc) is 3.50. The zero-order valence-electron chi connectivity index (χ0n) is 28.9. The van der Waals surface area contributed by atoms with Crippen molar-refractivity contribution >= 4 is 58.5 Å². The van der Waals surface area contributed by atoms with Gasteiger partial charge in [-0.2, -0.15) is 5.01 Å². The number of carboxylic acids is 1. The number of aliphatic carboxylic acids is 1. The minimum atomic E-state index is -1.59. The first kappa shape index (κ1) is 36.3. The molecular weight excluding hydrogens is 725 g/mol. The van der Waals surface area contributed by atoms with Gasteiger partial charge < -0.3 is 19.7 Å². The van der Waals surface area contributed by atoms with Gasteiger partial charge in [0, 0.05) is 23.9 Å². The van der Waals surface area contributed by atoms with Gasteiger partial charge in [0.2, 0.25) is 11.8 Å². The molecule has 276 valence electrons. The molecule has 2 aliphatic heterocycles. The number of hydrogen-bond acceptors (Lipinski definition) is 9. The third-order valence-corrected chi connectivity index (χ3v) is 11.6. The number of amides is 4. The van der Waals surface area contributed by atoms with Crippen LogP contribution in [-0.2, 0) is 29.4 Å². The lowest BCUT2D eigenvalue weighted by atomic mass is 9.49. The number of phenolic OH excluding ortho intramolecular Hbond substituents is 1. The van der Waals surface area contributed by atoms with Gasteiger partial charge in [-0.25, -0.2) is 0 Å². The number of methoxy groups -OCH3 is 1. The van der Waals surface area contributed by atoms with Crippen LogP contribution < -0.4 is 14.9 Å². The lowest BCUT2D eigenvalue weighted by molar-refractivity contribution is -0.142. The van der Waals surface area contributed by atoms with Crippen molar-refractivity contribution in [2.75, 3.05) is 25.7 Å². The largest absolute Gasteiger partial charge is 0.504 e. The van der Waals surface area contributed by atoms with Crippen LogP contribution in [0, 0.1) is 23.7 Å². The summed E-state index contributed by atoms with van der Waals surface area (Å²) in [7, 11) is 1.52. The number of carbonyl (C=O) groups is 5. The maximum absolute atomic E-state index is 15.4. The van der Waals surface area contributed by atoms with E-state index in [2.05, 4.69) is 5.43 Å². The first-order valence-electron chi connectivity index (χ1n) is 17.4. The molecule has 14 heteroatoms. The van der Waals surface area contributed by atoms with Crippen LogP contribution in [0.15, 0.2) is 72.3 Å². The highest BCUT2D eigenvalue weighted by Crippen LogP contribution is 2.64. The Kier molecular flexibility index (Phi) is 9.62. The Balaban J connectivity index is 1.42. The van der Waals surface area contributed by atoms with E-state index >= 15 is 4.79 Å². The number of benzene rings is 3. The normalized spacial score (nSPS) is 26.2. The van der Waals surface area contributed by atoms with Gasteiger partial charge in [-0.3, -0.25) is 34.3 Å². The van der Waals surface area contributed by atoms with Crippen LogP contribution in [0.1, 0.15) is 49.7 Å². The average molecular weight is 763 g/mol. The van der Waals surface area contributed by atoms with Crippen molar-refractivity contribution in [1.29, 1.82) is 0 Å². The molecule has 1 saturated carbocycles. The quantitative estimate of drug-likeness (QED) is 0.157. The van der Waals surface area contributed by atoms with E-state index in [0.717, 1.165) is 9.91 Å². The zero-order chi connectivity index (χ0) is 37.8. The number of ether oxygens (including phenoxy) is 2. The molecule has 0 spiro atoms. The monoisotopic (exact) mass is 761 g/mol. The number of nitrogens with one attached hydrogen (secondary N) is 1. The van der Waals surface area contributed by atoms with Crippen molar-refractivity contribution in [3.63, 3.8) is 0 Å². The van der Waals surface area contributed by atoms with Gasteiger partial charge in [0.1, 0.15) is 5.75 Å². The number of halogens is 2. The second kappa shape index (κ2) is 14.1. The van der Waals surface area contributed by atoms with Gasteiger partial charge in [0.05, 0.1) is 47.6 Å². The minimum Gasteiger partial charge on any atom is -0.504 e. The molecule has 53 heavy (non-hydrogen) atoms. The fourth-order valence-electron chi connectivity index (χ4n) is 8.87. The van der Waals surface area contributed by atoms with Crippen LogP contribution in [0.25, 0.3) is 0 Å². The van der Waals surface area contributed by atoms with Crippen molar-refractivity contribution in [3.05, 3.63) is 93.5 Å².